The second-order valence-corrected chi connectivity index (χ2v) is 7.97. The predicted molar refractivity (Wildman–Crippen MR) is 113 cm³/mol. The van der Waals surface area contributed by atoms with E-state index in [-0.39, 0.29) is 0 Å². The molecule has 4 nitrogen and oxygen atoms in total. The number of fused-ring (bicyclic) bond motifs is 1. The summed E-state index contributed by atoms with van der Waals surface area (Å²) in [5.74, 6) is -0.222. The number of nitrogens with one attached hydrogen (secondary N) is 1. The van der Waals surface area contributed by atoms with Crippen LogP contribution in [0.4, 0.5) is 0 Å². The Balaban J connectivity index is 1.72. The molecular weight excluding hydrogens is 348 g/mol. The monoisotopic (exact) mass is 376 g/mol. The van der Waals surface area contributed by atoms with Crippen LogP contribution in [0.15, 0.2) is 54.6 Å². The van der Waals surface area contributed by atoms with Gasteiger partial charge in [0.25, 0.3) is 0 Å². The van der Waals surface area contributed by atoms with Crippen LogP contribution < -0.4 is 5.32 Å². The molecule has 1 fully saturated rings. The van der Waals surface area contributed by atoms with Crippen LogP contribution in [0.5, 0.6) is 0 Å². The summed E-state index contributed by atoms with van der Waals surface area (Å²) in [6, 6.07) is 18.6. The fourth-order valence-electron chi connectivity index (χ4n) is 4.58. The second kappa shape index (κ2) is 8.19. The number of rotatable bonds is 6. The third-order valence-electron chi connectivity index (χ3n) is 6.11. The van der Waals surface area contributed by atoms with Crippen molar-refractivity contribution >= 4 is 16.9 Å². The number of hydrogen-bond acceptors (Lipinski definition) is 2. The van der Waals surface area contributed by atoms with Gasteiger partial charge in [-0.2, -0.15) is 0 Å². The number of carboxylic acids is 1. The summed E-state index contributed by atoms with van der Waals surface area (Å²) in [4.78, 5) is 12.3. The molecule has 0 spiro atoms. The molecule has 1 saturated carbocycles. The van der Waals surface area contributed by atoms with Gasteiger partial charge in [0.15, 0.2) is 0 Å². The first-order chi connectivity index (χ1) is 13.6. The Bertz CT molecular complexity index is 961. The van der Waals surface area contributed by atoms with Crippen molar-refractivity contribution in [2.45, 2.75) is 51.7 Å². The molecule has 4 rings (SSSR count). The van der Waals surface area contributed by atoms with Crippen molar-refractivity contribution in [2.75, 3.05) is 0 Å². The van der Waals surface area contributed by atoms with E-state index in [1.165, 1.54) is 25.7 Å². The Hall–Kier alpha value is -2.59. The van der Waals surface area contributed by atoms with Crippen molar-refractivity contribution in [3.8, 4) is 0 Å². The lowest BCUT2D eigenvalue weighted by Gasteiger charge is -2.29. The first kappa shape index (κ1) is 18.8. The van der Waals surface area contributed by atoms with E-state index < -0.39 is 5.97 Å². The topological polar surface area (TPSA) is 54.3 Å². The first-order valence-corrected chi connectivity index (χ1v) is 10.3. The lowest BCUT2D eigenvalue weighted by atomic mass is 9.86. The number of carboxylic acid groups (broad SMARTS) is 1. The molecule has 1 heterocycles. The predicted octanol–water partition coefficient (Wildman–Crippen LogP) is 5.06. The number of aromatic carboxylic acids is 1. The molecule has 2 N–H and O–H groups in total. The fourth-order valence-corrected chi connectivity index (χ4v) is 4.58. The highest BCUT2D eigenvalue weighted by Gasteiger charge is 2.25. The maximum Gasteiger partial charge on any atom is 0.352 e. The third-order valence-corrected chi connectivity index (χ3v) is 6.11. The SMILES string of the molecule is CC1CCCCC1NCc1c(C(=O)O)n(Cc2ccccc2)c2ccccc12. The fraction of sp³-hybridized carbons (Fsp3) is 0.375. The van der Waals surface area contributed by atoms with E-state index in [9.17, 15) is 9.90 Å². The maximum atomic E-state index is 12.3. The molecule has 2 aromatic carbocycles. The van der Waals surface area contributed by atoms with Crippen molar-refractivity contribution in [3.05, 3.63) is 71.4 Å². The van der Waals surface area contributed by atoms with Crippen molar-refractivity contribution in [2.24, 2.45) is 5.92 Å². The third kappa shape index (κ3) is 3.69. The number of nitrogens with zero attached hydrogens (tertiary/aromatic N) is 1. The number of carbonyl (C=O) groups is 1. The average Bonchev–Trinajstić information content (AvgIpc) is 3.02. The van der Waals surface area contributed by atoms with Gasteiger partial charge in [0.1, 0.15) is 5.69 Å². The molecule has 2 atom stereocenters. The zero-order valence-corrected chi connectivity index (χ0v) is 16.4. The van der Waals surface area contributed by atoms with Crippen LogP contribution in [0.25, 0.3) is 10.9 Å². The van der Waals surface area contributed by atoms with Gasteiger partial charge in [0.2, 0.25) is 0 Å². The minimum atomic E-state index is -0.861. The van der Waals surface area contributed by atoms with E-state index in [2.05, 4.69) is 12.2 Å². The molecule has 3 aromatic rings. The van der Waals surface area contributed by atoms with E-state index in [0.717, 1.165) is 22.0 Å². The van der Waals surface area contributed by atoms with Gasteiger partial charge >= 0.3 is 5.97 Å². The molecule has 2 unspecified atom stereocenters. The highest BCUT2D eigenvalue weighted by Crippen LogP contribution is 2.29. The highest BCUT2D eigenvalue weighted by molar-refractivity contribution is 5.98. The Labute approximate surface area is 166 Å². The molecule has 0 radical (unpaired) electrons. The van der Waals surface area contributed by atoms with E-state index >= 15 is 0 Å². The molecule has 1 aliphatic rings. The van der Waals surface area contributed by atoms with Crippen molar-refractivity contribution < 1.29 is 9.90 Å². The molecule has 0 bridgehead atoms. The summed E-state index contributed by atoms with van der Waals surface area (Å²) in [6.07, 6.45) is 4.98. The maximum absolute atomic E-state index is 12.3. The summed E-state index contributed by atoms with van der Waals surface area (Å²) in [6.45, 7) is 3.45. The first-order valence-electron chi connectivity index (χ1n) is 10.3. The Morgan fingerprint density at radius 2 is 1.79 bits per heavy atom. The Morgan fingerprint density at radius 1 is 1.07 bits per heavy atom. The molecule has 146 valence electrons. The lowest BCUT2D eigenvalue weighted by Crippen LogP contribution is -2.37. The van der Waals surface area contributed by atoms with E-state index in [1.807, 2.05) is 59.2 Å². The number of aromatic nitrogens is 1. The van der Waals surface area contributed by atoms with Crippen LogP contribution in [-0.2, 0) is 13.1 Å². The van der Waals surface area contributed by atoms with Gasteiger partial charge in [-0.25, -0.2) is 4.79 Å². The molecule has 4 heteroatoms. The van der Waals surface area contributed by atoms with Crippen LogP contribution >= 0.6 is 0 Å². The van der Waals surface area contributed by atoms with Crippen LogP contribution in [0.2, 0.25) is 0 Å². The van der Waals surface area contributed by atoms with Gasteiger partial charge < -0.3 is 15.0 Å². The van der Waals surface area contributed by atoms with Crippen molar-refractivity contribution in [3.63, 3.8) is 0 Å². The number of para-hydroxylation sites is 1. The summed E-state index contributed by atoms with van der Waals surface area (Å²) in [5.41, 5.74) is 3.39. The van der Waals surface area contributed by atoms with Gasteiger partial charge in [0.05, 0.1) is 0 Å². The minimum absolute atomic E-state index is 0.404. The lowest BCUT2D eigenvalue weighted by molar-refractivity contribution is 0.0684. The van der Waals surface area contributed by atoms with Gasteiger partial charge in [-0.15, -0.1) is 0 Å². The summed E-state index contributed by atoms with van der Waals surface area (Å²) >= 11 is 0. The van der Waals surface area contributed by atoms with Gasteiger partial charge in [-0.3, -0.25) is 0 Å². The van der Waals surface area contributed by atoms with Gasteiger partial charge in [0, 0.05) is 35.6 Å². The summed E-state index contributed by atoms with van der Waals surface area (Å²) < 4.78 is 1.95. The van der Waals surface area contributed by atoms with E-state index in [0.29, 0.717) is 30.7 Å². The largest absolute Gasteiger partial charge is 0.477 e. The molecule has 1 aromatic heterocycles. The number of benzene rings is 2. The highest BCUT2D eigenvalue weighted by atomic mass is 16.4. The van der Waals surface area contributed by atoms with Crippen LogP contribution in [0, 0.1) is 5.92 Å². The summed E-state index contributed by atoms with van der Waals surface area (Å²) in [7, 11) is 0. The van der Waals surface area contributed by atoms with Crippen molar-refractivity contribution in [1.82, 2.24) is 9.88 Å². The zero-order chi connectivity index (χ0) is 19.5. The van der Waals surface area contributed by atoms with E-state index in [4.69, 9.17) is 0 Å². The molecule has 28 heavy (non-hydrogen) atoms. The zero-order valence-electron chi connectivity index (χ0n) is 16.4. The quantitative estimate of drug-likeness (QED) is 0.632. The van der Waals surface area contributed by atoms with Crippen LogP contribution in [0.1, 0.15) is 54.2 Å². The molecule has 0 saturated heterocycles. The number of hydrogen-bond donors (Lipinski definition) is 2. The van der Waals surface area contributed by atoms with E-state index in [1.54, 1.807) is 0 Å². The normalized spacial score (nSPS) is 19.8. The smallest absolute Gasteiger partial charge is 0.352 e. The molecule has 0 aliphatic heterocycles. The van der Waals surface area contributed by atoms with Gasteiger partial charge in [-0.1, -0.05) is 68.3 Å². The summed E-state index contributed by atoms with van der Waals surface area (Å²) in [5, 5.41) is 14.8. The second-order valence-electron chi connectivity index (χ2n) is 7.97. The van der Waals surface area contributed by atoms with Crippen LogP contribution in [0.3, 0.4) is 0 Å². The average molecular weight is 377 g/mol. The van der Waals surface area contributed by atoms with Gasteiger partial charge in [-0.05, 0) is 30.4 Å². The Morgan fingerprint density at radius 3 is 2.54 bits per heavy atom. The standard InChI is InChI=1S/C24H28N2O2/c1-17-9-5-7-13-21(17)25-15-20-19-12-6-8-14-22(19)26(23(20)24(27)28)16-18-10-3-2-4-11-18/h2-4,6,8,10-12,14,17,21,25H,5,7,9,13,15-16H2,1H3,(H,27,28). The van der Waals surface area contributed by atoms with Crippen LogP contribution in [-0.4, -0.2) is 21.7 Å². The minimum Gasteiger partial charge on any atom is -0.477 e. The molecule has 0 amide bonds. The Kier molecular flexibility index (Phi) is 5.49. The van der Waals surface area contributed by atoms with Crippen molar-refractivity contribution in [1.29, 1.82) is 0 Å². The molecular formula is C24H28N2O2. The molecule has 1 aliphatic carbocycles.